The quantitative estimate of drug-likeness (QED) is 0.739. The number of halogens is 1. The van der Waals surface area contributed by atoms with Crippen LogP contribution in [0.25, 0.3) is 0 Å². The van der Waals surface area contributed by atoms with Gasteiger partial charge < -0.3 is 10.2 Å². The molecule has 146 valence electrons. The fourth-order valence-electron chi connectivity index (χ4n) is 3.46. The van der Waals surface area contributed by atoms with E-state index >= 15 is 0 Å². The molecule has 2 aromatic carbocycles. The number of nitrogens with one attached hydrogen (secondary N) is 1. The molecule has 0 fully saturated rings. The highest BCUT2D eigenvalue weighted by Gasteiger charge is 2.24. The third-order valence-corrected chi connectivity index (χ3v) is 4.96. The number of anilines is 1. The maximum Gasteiger partial charge on any atom is 0.276 e. The van der Waals surface area contributed by atoms with Crippen molar-refractivity contribution < 1.29 is 14.0 Å². The van der Waals surface area contributed by atoms with E-state index in [0.29, 0.717) is 12.1 Å². The standard InChI is InChI=1S/C23H20FN3O2/c24-19-9-7-16(8-10-19)15-26-22(28)18-11-12-25-20(14-18)23(29)27-13-3-5-17-4-1-2-6-21(17)27/h1-2,4,6-12,14H,3,5,13,15H2,(H,26,28). The van der Waals surface area contributed by atoms with Crippen LogP contribution < -0.4 is 10.2 Å². The molecular formula is C23H20FN3O2. The zero-order valence-electron chi connectivity index (χ0n) is 15.8. The number of fused-ring (bicyclic) bond motifs is 1. The molecule has 0 aliphatic carbocycles. The molecule has 0 unspecified atom stereocenters. The van der Waals surface area contributed by atoms with Gasteiger partial charge >= 0.3 is 0 Å². The first kappa shape index (κ1) is 18.8. The Labute approximate surface area is 168 Å². The van der Waals surface area contributed by atoms with Gasteiger partial charge in [-0.2, -0.15) is 0 Å². The lowest BCUT2D eigenvalue weighted by Gasteiger charge is -2.29. The maximum atomic E-state index is 13.0. The molecule has 3 aromatic rings. The Kier molecular flexibility index (Phi) is 5.33. The highest BCUT2D eigenvalue weighted by Crippen LogP contribution is 2.27. The highest BCUT2D eigenvalue weighted by molar-refractivity contribution is 6.07. The van der Waals surface area contributed by atoms with E-state index in [-0.39, 0.29) is 29.9 Å². The van der Waals surface area contributed by atoms with Gasteiger partial charge in [-0.1, -0.05) is 30.3 Å². The van der Waals surface area contributed by atoms with Crippen molar-refractivity contribution in [3.05, 3.63) is 95.1 Å². The van der Waals surface area contributed by atoms with Crippen LogP contribution in [0.4, 0.5) is 10.1 Å². The van der Waals surface area contributed by atoms with Gasteiger partial charge in [-0.05, 0) is 54.3 Å². The zero-order valence-corrected chi connectivity index (χ0v) is 15.8. The Balaban J connectivity index is 1.49. The minimum Gasteiger partial charge on any atom is -0.348 e. The number of benzene rings is 2. The summed E-state index contributed by atoms with van der Waals surface area (Å²) in [7, 11) is 0. The fraction of sp³-hybridized carbons (Fsp3) is 0.174. The van der Waals surface area contributed by atoms with Gasteiger partial charge in [-0.25, -0.2) is 4.39 Å². The smallest absolute Gasteiger partial charge is 0.276 e. The van der Waals surface area contributed by atoms with Crippen molar-refractivity contribution in [1.29, 1.82) is 0 Å². The van der Waals surface area contributed by atoms with Gasteiger partial charge in [0.2, 0.25) is 0 Å². The predicted molar refractivity (Wildman–Crippen MR) is 108 cm³/mol. The van der Waals surface area contributed by atoms with E-state index in [1.54, 1.807) is 23.1 Å². The second kappa shape index (κ2) is 8.22. The molecule has 0 saturated carbocycles. The van der Waals surface area contributed by atoms with Crippen LogP contribution >= 0.6 is 0 Å². The molecule has 1 aliphatic heterocycles. The number of rotatable bonds is 4. The number of hydrogen-bond donors (Lipinski definition) is 1. The Bertz CT molecular complexity index is 1050. The molecule has 0 spiro atoms. The van der Waals surface area contributed by atoms with Crippen molar-refractivity contribution >= 4 is 17.5 Å². The van der Waals surface area contributed by atoms with Gasteiger partial charge in [0.15, 0.2) is 0 Å². The largest absolute Gasteiger partial charge is 0.348 e. The van der Waals surface area contributed by atoms with E-state index in [0.717, 1.165) is 29.7 Å². The van der Waals surface area contributed by atoms with E-state index in [2.05, 4.69) is 10.3 Å². The topological polar surface area (TPSA) is 62.3 Å². The first-order valence-corrected chi connectivity index (χ1v) is 9.50. The average molecular weight is 389 g/mol. The van der Waals surface area contributed by atoms with E-state index in [1.807, 2.05) is 24.3 Å². The number of aryl methyl sites for hydroxylation is 1. The van der Waals surface area contributed by atoms with Gasteiger partial charge in [0.05, 0.1) is 0 Å². The molecule has 1 N–H and O–H groups in total. The first-order chi connectivity index (χ1) is 14.1. The normalized spacial score (nSPS) is 12.9. The van der Waals surface area contributed by atoms with Crippen LogP contribution in [0.15, 0.2) is 66.9 Å². The summed E-state index contributed by atoms with van der Waals surface area (Å²) in [4.78, 5) is 31.4. The molecule has 2 heterocycles. The van der Waals surface area contributed by atoms with Crippen LogP contribution in [0, 0.1) is 5.82 Å². The Morgan fingerprint density at radius 2 is 1.86 bits per heavy atom. The SMILES string of the molecule is O=C(NCc1ccc(F)cc1)c1ccnc(C(=O)N2CCCc3ccccc32)c1. The molecule has 0 atom stereocenters. The summed E-state index contributed by atoms with van der Waals surface area (Å²) in [6.07, 6.45) is 3.30. The zero-order chi connectivity index (χ0) is 20.2. The molecule has 1 aliphatic rings. The number of nitrogens with zero attached hydrogens (tertiary/aromatic N) is 2. The number of para-hydroxylation sites is 1. The number of hydrogen-bond acceptors (Lipinski definition) is 3. The van der Waals surface area contributed by atoms with Crippen molar-refractivity contribution in [2.45, 2.75) is 19.4 Å². The van der Waals surface area contributed by atoms with E-state index in [4.69, 9.17) is 0 Å². The number of amides is 2. The molecule has 1 aromatic heterocycles. The lowest BCUT2D eigenvalue weighted by Crippen LogP contribution is -2.36. The summed E-state index contributed by atoms with van der Waals surface area (Å²) in [5.41, 5.74) is 3.42. The third-order valence-electron chi connectivity index (χ3n) is 4.96. The minimum atomic E-state index is -0.323. The molecule has 0 radical (unpaired) electrons. The maximum absolute atomic E-state index is 13.0. The van der Waals surface area contributed by atoms with Crippen LogP contribution in [-0.2, 0) is 13.0 Å². The monoisotopic (exact) mass is 389 g/mol. The summed E-state index contributed by atoms with van der Waals surface area (Å²) >= 11 is 0. The van der Waals surface area contributed by atoms with Crippen molar-refractivity contribution in [2.75, 3.05) is 11.4 Å². The van der Waals surface area contributed by atoms with Crippen LogP contribution in [-0.4, -0.2) is 23.3 Å². The van der Waals surface area contributed by atoms with E-state index in [9.17, 15) is 14.0 Å². The summed E-state index contributed by atoms with van der Waals surface area (Å²) in [6.45, 7) is 0.892. The molecule has 0 saturated heterocycles. The molecule has 0 bridgehead atoms. The number of carbonyl (C=O) groups excluding carboxylic acids is 2. The molecule has 2 amide bonds. The Morgan fingerprint density at radius 1 is 1.07 bits per heavy atom. The van der Waals surface area contributed by atoms with Crippen molar-refractivity contribution in [3.8, 4) is 0 Å². The molecule has 5 nitrogen and oxygen atoms in total. The predicted octanol–water partition coefficient (Wildman–Crippen LogP) is 3.74. The van der Waals surface area contributed by atoms with Gasteiger partial charge in [-0.15, -0.1) is 0 Å². The Morgan fingerprint density at radius 3 is 2.69 bits per heavy atom. The van der Waals surface area contributed by atoms with E-state index in [1.165, 1.54) is 24.4 Å². The number of aromatic nitrogens is 1. The Hall–Kier alpha value is -3.54. The summed E-state index contributed by atoms with van der Waals surface area (Å²) < 4.78 is 13.0. The second-order valence-corrected chi connectivity index (χ2v) is 6.93. The fourth-order valence-corrected chi connectivity index (χ4v) is 3.46. The number of pyridine rings is 1. The van der Waals surface area contributed by atoms with Crippen LogP contribution in [0.1, 0.15) is 38.4 Å². The highest BCUT2D eigenvalue weighted by atomic mass is 19.1. The van der Waals surface area contributed by atoms with Crippen LogP contribution in [0.2, 0.25) is 0 Å². The van der Waals surface area contributed by atoms with Crippen molar-refractivity contribution in [2.24, 2.45) is 0 Å². The molecular weight excluding hydrogens is 369 g/mol. The summed E-state index contributed by atoms with van der Waals surface area (Å²) in [5.74, 6) is -0.855. The van der Waals surface area contributed by atoms with Crippen molar-refractivity contribution in [1.82, 2.24) is 10.3 Å². The van der Waals surface area contributed by atoms with Crippen LogP contribution in [0.5, 0.6) is 0 Å². The molecule has 29 heavy (non-hydrogen) atoms. The van der Waals surface area contributed by atoms with Gasteiger partial charge in [-0.3, -0.25) is 14.6 Å². The number of carbonyl (C=O) groups is 2. The summed E-state index contributed by atoms with van der Waals surface area (Å²) in [6, 6.07) is 16.9. The lowest BCUT2D eigenvalue weighted by molar-refractivity contribution is 0.0951. The molecule has 6 heteroatoms. The summed E-state index contributed by atoms with van der Waals surface area (Å²) in [5, 5.41) is 2.78. The average Bonchev–Trinajstić information content (AvgIpc) is 2.77. The van der Waals surface area contributed by atoms with Gasteiger partial charge in [0, 0.05) is 30.5 Å². The van der Waals surface area contributed by atoms with E-state index < -0.39 is 0 Å². The molecule has 4 rings (SSSR count). The van der Waals surface area contributed by atoms with Gasteiger partial charge in [0.25, 0.3) is 11.8 Å². The van der Waals surface area contributed by atoms with Crippen LogP contribution in [0.3, 0.4) is 0 Å². The first-order valence-electron chi connectivity index (χ1n) is 9.50. The minimum absolute atomic E-state index is 0.217. The van der Waals surface area contributed by atoms with Gasteiger partial charge in [0.1, 0.15) is 11.5 Å². The second-order valence-electron chi connectivity index (χ2n) is 6.93. The lowest BCUT2D eigenvalue weighted by atomic mass is 10.0. The van der Waals surface area contributed by atoms with Crippen molar-refractivity contribution in [3.63, 3.8) is 0 Å². The third kappa shape index (κ3) is 4.16.